The van der Waals surface area contributed by atoms with Crippen molar-refractivity contribution in [1.29, 1.82) is 5.26 Å². The summed E-state index contributed by atoms with van der Waals surface area (Å²) >= 11 is 0. The molecule has 2 heteroatoms. The van der Waals surface area contributed by atoms with Crippen molar-refractivity contribution in [3.05, 3.63) is 29.3 Å². The van der Waals surface area contributed by atoms with Crippen molar-refractivity contribution in [2.75, 3.05) is 7.11 Å². The number of rotatable bonds is 5. The van der Waals surface area contributed by atoms with Gasteiger partial charge in [-0.25, -0.2) is 0 Å². The summed E-state index contributed by atoms with van der Waals surface area (Å²) in [5, 5.41) is 9.03. The third kappa shape index (κ3) is 2.76. The topological polar surface area (TPSA) is 33.0 Å². The van der Waals surface area contributed by atoms with E-state index in [1.807, 2.05) is 12.1 Å². The Morgan fingerprint density at radius 1 is 1.38 bits per heavy atom. The minimum atomic E-state index is 0.558. The molecule has 0 heterocycles. The summed E-state index contributed by atoms with van der Waals surface area (Å²) in [5.74, 6) is 1.22. The van der Waals surface area contributed by atoms with Crippen molar-refractivity contribution in [1.82, 2.24) is 0 Å². The lowest BCUT2D eigenvalue weighted by Gasteiger charge is -2.15. The van der Waals surface area contributed by atoms with Gasteiger partial charge in [-0.2, -0.15) is 5.26 Å². The highest BCUT2D eigenvalue weighted by Crippen LogP contribution is 2.28. The number of hydrogen-bond donors (Lipinski definition) is 0. The second-order valence-corrected chi connectivity index (χ2v) is 3.97. The molecule has 0 N–H and O–H groups in total. The van der Waals surface area contributed by atoms with E-state index in [9.17, 15) is 0 Å². The summed E-state index contributed by atoms with van der Waals surface area (Å²) in [5.41, 5.74) is 1.89. The van der Waals surface area contributed by atoms with E-state index in [1.165, 1.54) is 18.4 Å². The summed E-state index contributed by atoms with van der Waals surface area (Å²) in [6.45, 7) is 4.38. The predicted octanol–water partition coefficient (Wildman–Crippen LogP) is 3.86. The lowest BCUT2D eigenvalue weighted by Crippen LogP contribution is -1.98. The van der Waals surface area contributed by atoms with Gasteiger partial charge in [0.15, 0.2) is 0 Å². The number of nitrogens with zero attached hydrogens (tertiary/aromatic N) is 1. The van der Waals surface area contributed by atoms with Crippen LogP contribution in [0.5, 0.6) is 5.75 Å². The summed E-state index contributed by atoms with van der Waals surface area (Å²) < 4.78 is 5.14. The molecule has 16 heavy (non-hydrogen) atoms. The molecule has 0 aliphatic heterocycles. The van der Waals surface area contributed by atoms with Crippen molar-refractivity contribution >= 4 is 0 Å². The Morgan fingerprint density at radius 2 is 2.12 bits per heavy atom. The van der Waals surface area contributed by atoms with Gasteiger partial charge >= 0.3 is 0 Å². The van der Waals surface area contributed by atoms with Gasteiger partial charge in [-0.05, 0) is 36.5 Å². The van der Waals surface area contributed by atoms with Crippen molar-refractivity contribution in [2.45, 2.75) is 39.0 Å². The van der Waals surface area contributed by atoms with Crippen molar-refractivity contribution < 1.29 is 4.74 Å². The molecule has 0 fully saturated rings. The average molecular weight is 217 g/mol. The number of benzene rings is 1. The summed E-state index contributed by atoms with van der Waals surface area (Å²) in [6, 6.07) is 8.11. The summed E-state index contributed by atoms with van der Waals surface area (Å²) in [7, 11) is 1.60. The molecule has 0 unspecified atom stereocenters. The minimum Gasteiger partial charge on any atom is -0.495 e. The van der Waals surface area contributed by atoms with Crippen LogP contribution in [0.3, 0.4) is 0 Å². The van der Waals surface area contributed by atoms with E-state index in [4.69, 9.17) is 10.00 Å². The minimum absolute atomic E-state index is 0.558. The summed E-state index contributed by atoms with van der Waals surface area (Å²) in [4.78, 5) is 0. The standard InChI is InChI=1S/C14H19NO/c1-4-6-11(5-2)12-7-8-14(16-3)13(9-12)10-15/h7-9,11H,4-6H2,1-3H3/t11-/m1/s1. The van der Waals surface area contributed by atoms with Crippen LogP contribution >= 0.6 is 0 Å². The fourth-order valence-corrected chi connectivity index (χ4v) is 2.02. The van der Waals surface area contributed by atoms with Gasteiger partial charge in [0.2, 0.25) is 0 Å². The molecular weight excluding hydrogens is 198 g/mol. The largest absolute Gasteiger partial charge is 0.495 e. The Kier molecular flexibility index (Phi) is 4.85. The Balaban J connectivity index is 3.02. The highest BCUT2D eigenvalue weighted by molar-refractivity contribution is 5.46. The fourth-order valence-electron chi connectivity index (χ4n) is 2.02. The maximum Gasteiger partial charge on any atom is 0.136 e. The molecule has 0 aliphatic carbocycles. The second kappa shape index (κ2) is 6.17. The zero-order chi connectivity index (χ0) is 12.0. The molecule has 2 nitrogen and oxygen atoms in total. The van der Waals surface area contributed by atoms with Gasteiger partial charge in [0.1, 0.15) is 11.8 Å². The molecule has 0 spiro atoms. The Labute approximate surface area is 97.9 Å². The molecular formula is C14H19NO. The third-order valence-electron chi connectivity index (χ3n) is 2.95. The Morgan fingerprint density at radius 3 is 2.62 bits per heavy atom. The van der Waals surface area contributed by atoms with Crippen LogP contribution in [0.2, 0.25) is 0 Å². The molecule has 0 bridgehead atoms. The number of nitriles is 1. The van der Waals surface area contributed by atoms with E-state index >= 15 is 0 Å². The van der Waals surface area contributed by atoms with Gasteiger partial charge in [0.25, 0.3) is 0 Å². The first-order valence-electron chi connectivity index (χ1n) is 5.84. The van der Waals surface area contributed by atoms with Crippen LogP contribution in [0.15, 0.2) is 18.2 Å². The molecule has 86 valence electrons. The van der Waals surface area contributed by atoms with Gasteiger partial charge < -0.3 is 4.74 Å². The highest BCUT2D eigenvalue weighted by atomic mass is 16.5. The van der Waals surface area contributed by atoms with Gasteiger partial charge in [-0.15, -0.1) is 0 Å². The number of methoxy groups -OCH3 is 1. The van der Waals surface area contributed by atoms with Crippen LogP contribution in [0.1, 0.15) is 50.2 Å². The van der Waals surface area contributed by atoms with E-state index in [0.29, 0.717) is 17.2 Å². The van der Waals surface area contributed by atoms with Gasteiger partial charge in [0.05, 0.1) is 12.7 Å². The average Bonchev–Trinajstić information content (AvgIpc) is 2.35. The van der Waals surface area contributed by atoms with E-state index in [2.05, 4.69) is 26.0 Å². The van der Waals surface area contributed by atoms with Crippen LogP contribution in [-0.2, 0) is 0 Å². The third-order valence-corrected chi connectivity index (χ3v) is 2.95. The highest BCUT2D eigenvalue weighted by Gasteiger charge is 2.11. The van der Waals surface area contributed by atoms with Crippen molar-refractivity contribution in [3.63, 3.8) is 0 Å². The molecule has 0 amide bonds. The molecule has 1 aromatic carbocycles. The van der Waals surface area contributed by atoms with Crippen molar-refractivity contribution in [2.24, 2.45) is 0 Å². The predicted molar refractivity (Wildman–Crippen MR) is 65.6 cm³/mol. The summed E-state index contributed by atoms with van der Waals surface area (Å²) in [6.07, 6.45) is 3.46. The van der Waals surface area contributed by atoms with E-state index in [1.54, 1.807) is 7.11 Å². The Bertz CT molecular complexity index is 379. The Hall–Kier alpha value is -1.49. The quantitative estimate of drug-likeness (QED) is 0.750. The maximum atomic E-state index is 9.03. The first-order chi connectivity index (χ1) is 7.76. The number of hydrogen-bond acceptors (Lipinski definition) is 2. The van der Waals surface area contributed by atoms with Gasteiger partial charge in [0, 0.05) is 0 Å². The monoisotopic (exact) mass is 217 g/mol. The van der Waals surface area contributed by atoms with E-state index < -0.39 is 0 Å². The molecule has 1 aromatic rings. The van der Waals surface area contributed by atoms with Crippen LogP contribution in [0.25, 0.3) is 0 Å². The zero-order valence-electron chi connectivity index (χ0n) is 10.3. The van der Waals surface area contributed by atoms with Crippen LogP contribution < -0.4 is 4.74 Å². The smallest absolute Gasteiger partial charge is 0.136 e. The molecule has 0 saturated heterocycles. The van der Waals surface area contributed by atoms with Crippen LogP contribution in [0.4, 0.5) is 0 Å². The SMILES string of the molecule is CCC[C@@H](CC)c1ccc(OC)c(C#N)c1. The van der Waals surface area contributed by atoms with E-state index in [-0.39, 0.29) is 0 Å². The first kappa shape index (κ1) is 12.6. The molecule has 0 radical (unpaired) electrons. The molecule has 1 rings (SSSR count). The van der Waals surface area contributed by atoms with Crippen molar-refractivity contribution in [3.8, 4) is 11.8 Å². The molecule has 0 aromatic heterocycles. The molecule has 0 aliphatic rings. The zero-order valence-corrected chi connectivity index (χ0v) is 10.3. The number of ether oxygens (including phenoxy) is 1. The molecule has 0 saturated carbocycles. The van der Waals surface area contributed by atoms with E-state index in [0.717, 1.165) is 6.42 Å². The lowest BCUT2D eigenvalue weighted by molar-refractivity contribution is 0.413. The van der Waals surface area contributed by atoms with Gasteiger partial charge in [-0.3, -0.25) is 0 Å². The first-order valence-corrected chi connectivity index (χ1v) is 5.84. The fraction of sp³-hybridized carbons (Fsp3) is 0.500. The lowest BCUT2D eigenvalue weighted by atomic mass is 9.91. The van der Waals surface area contributed by atoms with Crippen LogP contribution in [-0.4, -0.2) is 7.11 Å². The normalized spacial score (nSPS) is 11.9. The van der Waals surface area contributed by atoms with Gasteiger partial charge in [-0.1, -0.05) is 26.3 Å². The van der Waals surface area contributed by atoms with Crippen LogP contribution in [0, 0.1) is 11.3 Å². The maximum absolute atomic E-state index is 9.03. The second-order valence-electron chi connectivity index (χ2n) is 3.97. The molecule has 1 atom stereocenters.